The monoisotopic (exact) mass is 491 g/mol. The fraction of sp³-hybridized carbons (Fsp3) is 0.333. The van der Waals surface area contributed by atoms with Gasteiger partial charge in [-0.25, -0.2) is 0 Å². The lowest BCUT2D eigenvalue weighted by Gasteiger charge is -2.40. The van der Waals surface area contributed by atoms with E-state index in [4.69, 9.17) is 12.6 Å². The van der Waals surface area contributed by atoms with Crippen molar-refractivity contribution in [1.82, 2.24) is 5.32 Å². The Morgan fingerprint density at radius 3 is 2.61 bits per heavy atom. The number of benzene rings is 4. The van der Waals surface area contributed by atoms with E-state index in [0.29, 0.717) is 23.8 Å². The predicted molar refractivity (Wildman–Crippen MR) is 152 cm³/mol. The molecule has 1 saturated heterocycles. The molecule has 0 radical (unpaired) electrons. The molecular weight excluding hydrogens is 458 g/mol. The Morgan fingerprint density at radius 2 is 1.78 bits per heavy atom. The summed E-state index contributed by atoms with van der Waals surface area (Å²) >= 11 is 4.81. The van der Waals surface area contributed by atoms with E-state index in [1.165, 1.54) is 40.5 Å². The number of hydrogen-bond acceptors (Lipinski definition) is 3. The molecule has 4 aromatic carbocycles. The highest BCUT2D eigenvalue weighted by molar-refractivity contribution is 7.80. The van der Waals surface area contributed by atoms with Gasteiger partial charge in [-0.05, 0) is 104 Å². The summed E-state index contributed by atoms with van der Waals surface area (Å²) in [6, 6.07) is 27.6. The van der Waals surface area contributed by atoms with E-state index in [9.17, 15) is 5.11 Å². The van der Waals surface area contributed by atoms with Crippen LogP contribution in [0.2, 0.25) is 0 Å². The molecule has 2 aliphatic carbocycles. The lowest BCUT2D eigenvalue weighted by Crippen LogP contribution is -2.38. The van der Waals surface area contributed by atoms with Crippen LogP contribution < -0.4 is 5.32 Å². The predicted octanol–water partition coefficient (Wildman–Crippen LogP) is 7.26. The number of rotatable bonds is 4. The van der Waals surface area contributed by atoms with Crippen molar-refractivity contribution in [3.05, 3.63) is 106 Å². The molecule has 4 aliphatic rings. The molecule has 2 aliphatic heterocycles. The number of thiol groups is 1. The molecule has 0 amide bonds. The first kappa shape index (κ1) is 22.6. The van der Waals surface area contributed by atoms with Gasteiger partial charge >= 0.3 is 0 Å². The van der Waals surface area contributed by atoms with E-state index in [1.54, 1.807) is 11.1 Å². The lowest BCUT2D eigenvalue weighted by molar-refractivity contribution is 0.284. The summed E-state index contributed by atoms with van der Waals surface area (Å²) < 4.78 is 0. The molecule has 4 aromatic rings. The molecule has 2 nitrogen and oxygen atoms in total. The van der Waals surface area contributed by atoms with E-state index in [-0.39, 0.29) is 6.61 Å². The topological polar surface area (TPSA) is 32.3 Å². The number of nitrogens with one attached hydrogen (secondary N) is 1. The summed E-state index contributed by atoms with van der Waals surface area (Å²) in [6.45, 7) is 1.19. The molecule has 4 unspecified atom stereocenters. The summed E-state index contributed by atoms with van der Waals surface area (Å²) in [4.78, 5) is 0. The van der Waals surface area contributed by atoms with Gasteiger partial charge in [0.05, 0.1) is 6.61 Å². The van der Waals surface area contributed by atoms with Crippen molar-refractivity contribution < 1.29 is 5.11 Å². The minimum atomic E-state index is 0.0425. The summed E-state index contributed by atoms with van der Waals surface area (Å²) in [7, 11) is 0. The maximum Gasteiger partial charge on any atom is 0.0693 e. The van der Waals surface area contributed by atoms with Crippen LogP contribution in [-0.4, -0.2) is 17.4 Å². The van der Waals surface area contributed by atoms with Crippen LogP contribution in [-0.2, 0) is 13.0 Å². The largest absolute Gasteiger partial charge is 0.392 e. The summed E-state index contributed by atoms with van der Waals surface area (Å²) in [5, 5.41) is 16.3. The molecule has 0 aromatic heterocycles. The molecular formula is C33H33NOS. The van der Waals surface area contributed by atoms with E-state index in [0.717, 1.165) is 41.7 Å². The van der Waals surface area contributed by atoms with Crippen molar-refractivity contribution in [2.75, 3.05) is 12.3 Å². The van der Waals surface area contributed by atoms with Crippen molar-refractivity contribution in [3.63, 3.8) is 0 Å². The van der Waals surface area contributed by atoms with Crippen LogP contribution in [0.15, 0.2) is 72.8 Å². The average molecular weight is 492 g/mol. The molecule has 36 heavy (non-hydrogen) atoms. The fourth-order valence-electron chi connectivity index (χ4n) is 7.26. The summed E-state index contributed by atoms with van der Waals surface area (Å²) in [5.74, 6) is 2.54. The lowest BCUT2D eigenvalue weighted by atomic mass is 9.71. The summed E-state index contributed by atoms with van der Waals surface area (Å²) in [5.41, 5.74) is 10.9. The van der Waals surface area contributed by atoms with E-state index in [2.05, 4.69) is 78.1 Å². The number of aliphatic hydroxyl groups is 1. The molecule has 4 atom stereocenters. The molecule has 2 N–H and O–H groups in total. The van der Waals surface area contributed by atoms with Gasteiger partial charge in [-0.3, -0.25) is 0 Å². The van der Waals surface area contributed by atoms with Crippen molar-refractivity contribution in [2.45, 2.75) is 56.1 Å². The van der Waals surface area contributed by atoms with Gasteiger partial charge in [-0.1, -0.05) is 72.8 Å². The number of aliphatic hydroxyl groups excluding tert-OH is 1. The average Bonchev–Trinajstić information content (AvgIpc) is 2.96. The van der Waals surface area contributed by atoms with Crippen molar-refractivity contribution in [3.8, 4) is 11.1 Å². The van der Waals surface area contributed by atoms with Crippen molar-refractivity contribution in [2.24, 2.45) is 0 Å². The SMILES string of the molecule is OCc1c(-c2ccc3c(c2)C(CS)CC(c2ccc4c(c2)C2CCC4CN2)C3)ccc2ccccc12. The molecule has 182 valence electrons. The van der Waals surface area contributed by atoms with Gasteiger partial charge in [0.25, 0.3) is 0 Å². The van der Waals surface area contributed by atoms with Crippen molar-refractivity contribution >= 4 is 23.4 Å². The Hall–Kier alpha value is -2.59. The second-order valence-electron chi connectivity index (χ2n) is 11.0. The van der Waals surface area contributed by atoms with Gasteiger partial charge in [0, 0.05) is 12.6 Å². The van der Waals surface area contributed by atoms with Gasteiger partial charge < -0.3 is 10.4 Å². The Bertz CT molecular complexity index is 1450. The summed E-state index contributed by atoms with van der Waals surface area (Å²) in [6.07, 6.45) is 4.84. The number of fused-ring (bicyclic) bond motifs is 4. The van der Waals surface area contributed by atoms with Gasteiger partial charge in [-0.15, -0.1) is 0 Å². The Morgan fingerprint density at radius 1 is 0.861 bits per heavy atom. The first-order chi connectivity index (χ1) is 17.7. The van der Waals surface area contributed by atoms with E-state index in [1.807, 2.05) is 0 Å². The third kappa shape index (κ3) is 3.63. The molecule has 2 bridgehead atoms. The minimum Gasteiger partial charge on any atom is -0.392 e. The van der Waals surface area contributed by atoms with Crippen LogP contribution in [0.4, 0.5) is 0 Å². The minimum absolute atomic E-state index is 0.0425. The van der Waals surface area contributed by atoms with E-state index < -0.39 is 0 Å². The normalized spacial score (nSPS) is 24.5. The van der Waals surface area contributed by atoms with Gasteiger partial charge in [0.2, 0.25) is 0 Å². The maximum absolute atomic E-state index is 10.3. The maximum atomic E-state index is 10.3. The van der Waals surface area contributed by atoms with E-state index >= 15 is 0 Å². The first-order valence-corrected chi connectivity index (χ1v) is 14.1. The molecule has 2 heterocycles. The highest BCUT2D eigenvalue weighted by Gasteiger charge is 2.34. The molecule has 3 heteroatoms. The van der Waals surface area contributed by atoms with Gasteiger partial charge in [-0.2, -0.15) is 12.6 Å². The highest BCUT2D eigenvalue weighted by atomic mass is 32.1. The first-order valence-electron chi connectivity index (χ1n) is 13.5. The Labute approximate surface area is 219 Å². The number of hydrogen-bond donors (Lipinski definition) is 3. The zero-order valence-corrected chi connectivity index (χ0v) is 21.5. The van der Waals surface area contributed by atoms with Crippen LogP contribution in [0.1, 0.15) is 76.4 Å². The number of piperidine rings is 1. The second-order valence-corrected chi connectivity index (χ2v) is 11.4. The van der Waals surface area contributed by atoms with Crippen molar-refractivity contribution in [1.29, 1.82) is 0 Å². The smallest absolute Gasteiger partial charge is 0.0693 e. The van der Waals surface area contributed by atoms with Crippen LogP contribution in [0, 0.1) is 0 Å². The quantitative estimate of drug-likeness (QED) is 0.262. The van der Waals surface area contributed by atoms with Crippen LogP contribution in [0.25, 0.3) is 21.9 Å². The Balaban J connectivity index is 1.24. The zero-order valence-electron chi connectivity index (χ0n) is 20.6. The highest BCUT2D eigenvalue weighted by Crippen LogP contribution is 2.46. The van der Waals surface area contributed by atoms with Crippen LogP contribution >= 0.6 is 12.6 Å². The van der Waals surface area contributed by atoms with Crippen LogP contribution in [0.5, 0.6) is 0 Å². The molecule has 0 spiro atoms. The molecule has 0 saturated carbocycles. The zero-order chi connectivity index (χ0) is 24.2. The third-order valence-electron chi connectivity index (χ3n) is 9.16. The second kappa shape index (κ2) is 9.06. The van der Waals surface area contributed by atoms with Crippen LogP contribution in [0.3, 0.4) is 0 Å². The van der Waals surface area contributed by atoms with Gasteiger partial charge in [0.15, 0.2) is 0 Å². The Kier molecular flexibility index (Phi) is 5.69. The standard InChI is InChI=1S/C33H33NOS/c35-18-32-27-4-2-1-3-20(27)7-10-28(32)23-6-5-22-13-25(14-26(19-36)30(22)16-23)21-8-11-29-24-9-12-33(34-17-24)31(29)15-21/h1-8,10-11,15-16,24-26,33-36H,9,12-14,17-19H2. The third-order valence-corrected chi connectivity index (χ3v) is 9.60. The van der Waals surface area contributed by atoms with Gasteiger partial charge in [0.1, 0.15) is 0 Å². The molecule has 1 fully saturated rings. The molecule has 8 rings (SSSR count). The fourth-order valence-corrected chi connectivity index (χ4v) is 7.61.